The number of carbonyl (C=O) groups is 1. The second kappa shape index (κ2) is 9.03. The molecule has 0 spiro atoms. The maximum absolute atomic E-state index is 11.1. The van der Waals surface area contributed by atoms with Crippen molar-refractivity contribution in [1.29, 1.82) is 0 Å². The van der Waals surface area contributed by atoms with E-state index in [2.05, 4.69) is 45.6 Å². The Morgan fingerprint density at radius 2 is 1.78 bits per heavy atom. The highest BCUT2D eigenvalue weighted by Crippen LogP contribution is 2.19. The van der Waals surface area contributed by atoms with Crippen LogP contribution in [0.4, 0.5) is 0 Å². The molecule has 0 radical (unpaired) electrons. The summed E-state index contributed by atoms with van der Waals surface area (Å²) in [5.74, 6) is 0.505. The van der Waals surface area contributed by atoms with Crippen molar-refractivity contribution in [3.8, 4) is 0 Å². The van der Waals surface area contributed by atoms with E-state index in [1.165, 1.54) is 11.1 Å². The summed E-state index contributed by atoms with van der Waals surface area (Å²) in [5.41, 5.74) is 9.64. The SMILES string of the molecule is CN=C(NCc1ccc(C(N)=O)cc1)N1CCC(=Cc2ccccc2)CC1. The molecule has 1 saturated heterocycles. The lowest BCUT2D eigenvalue weighted by atomic mass is 10.0. The molecule has 5 heteroatoms. The minimum atomic E-state index is -0.405. The first-order valence-electron chi connectivity index (χ1n) is 9.24. The van der Waals surface area contributed by atoms with Gasteiger partial charge in [-0.2, -0.15) is 0 Å². The van der Waals surface area contributed by atoms with E-state index in [1.807, 2.05) is 25.2 Å². The van der Waals surface area contributed by atoms with Gasteiger partial charge in [-0.3, -0.25) is 9.79 Å². The molecule has 3 rings (SSSR count). The number of nitrogens with two attached hydrogens (primary N) is 1. The van der Waals surface area contributed by atoms with Crippen LogP contribution in [-0.2, 0) is 6.54 Å². The summed E-state index contributed by atoms with van der Waals surface area (Å²) < 4.78 is 0. The van der Waals surface area contributed by atoms with Crippen molar-refractivity contribution in [3.63, 3.8) is 0 Å². The minimum absolute atomic E-state index is 0.405. The van der Waals surface area contributed by atoms with Crippen LogP contribution in [0.1, 0.15) is 34.3 Å². The van der Waals surface area contributed by atoms with Gasteiger partial charge >= 0.3 is 0 Å². The predicted molar refractivity (Wildman–Crippen MR) is 110 cm³/mol. The van der Waals surface area contributed by atoms with Crippen molar-refractivity contribution in [2.75, 3.05) is 20.1 Å². The fourth-order valence-corrected chi connectivity index (χ4v) is 3.24. The average Bonchev–Trinajstić information content (AvgIpc) is 2.71. The molecule has 0 aromatic heterocycles. The first-order valence-corrected chi connectivity index (χ1v) is 9.24. The Hall–Kier alpha value is -3.08. The van der Waals surface area contributed by atoms with E-state index in [1.54, 1.807) is 12.1 Å². The Labute approximate surface area is 160 Å². The van der Waals surface area contributed by atoms with Gasteiger partial charge in [-0.05, 0) is 36.1 Å². The summed E-state index contributed by atoms with van der Waals surface area (Å²) in [6.07, 6.45) is 4.39. The number of carbonyl (C=O) groups excluding carboxylic acids is 1. The molecule has 0 saturated carbocycles. The largest absolute Gasteiger partial charge is 0.366 e. The lowest BCUT2D eigenvalue weighted by molar-refractivity contribution is 0.100. The number of benzene rings is 2. The van der Waals surface area contributed by atoms with E-state index < -0.39 is 5.91 Å². The van der Waals surface area contributed by atoms with Crippen LogP contribution >= 0.6 is 0 Å². The molecule has 140 valence electrons. The number of likely N-dealkylation sites (tertiary alicyclic amines) is 1. The molecule has 2 aromatic carbocycles. The fourth-order valence-electron chi connectivity index (χ4n) is 3.24. The van der Waals surface area contributed by atoms with Gasteiger partial charge in [0.25, 0.3) is 0 Å². The fraction of sp³-hybridized carbons (Fsp3) is 0.273. The van der Waals surface area contributed by atoms with Gasteiger partial charge in [0.2, 0.25) is 5.91 Å². The topological polar surface area (TPSA) is 70.7 Å². The van der Waals surface area contributed by atoms with Crippen LogP contribution in [0, 0.1) is 0 Å². The van der Waals surface area contributed by atoms with Gasteiger partial charge in [0.05, 0.1) is 0 Å². The molecule has 1 aliphatic rings. The standard InChI is InChI=1S/C22H26N4O/c1-24-22(25-16-19-7-9-20(10-8-19)21(23)27)26-13-11-18(12-14-26)15-17-5-3-2-4-6-17/h2-10,15H,11-14,16H2,1H3,(H2,23,27)(H,24,25). The van der Waals surface area contributed by atoms with E-state index >= 15 is 0 Å². The molecular weight excluding hydrogens is 336 g/mol. The number of primary amides is 1. The van der Waals surface area contributed by atoms with Crippen LogP contribution in [0.2, 0.25) is 0 Å². The Bertz CT molecular complexity index is 815. The summed E-state index contributed by atoms with van der Waals surface area (Å²) in [4.78, 5) is 17.9. The third-order valence-corrected chi connectivity index (χ3v) is 4.78. The number of nitrogens with one attached hydrogen (secondary N) is 1. The van der Waals surface area contributed by atoms with Crippen molar-refractivity contribution in [2.45, 2.75) is 19.4 Å². The third kappa shape index (κ3) is 5.20. The number of guanidine groups is 1. The van der Waals surface area contributed by atoms with E-state index in [0.29, 0.717) is 12.1 Å². The first-order chi connectivity index (χ1) is 13.2. The highest BCUT2D eigenvalue weighted by molar-refractivity contribution is 5.92. The lowest BCUT2D eigenvalue weighted by Crippen LogP contribution is -2.44. The van der Waals surface area contributed by atoms with Gasteiger partial charge in [-0.25, -0.2) is 0 Å². The van der Waals surface area contributed by atoms with E-state index in [4.69, 9.17) is 5.73 Å². The number of nitrogens with zero attached hydrogens (tertiary/aromatic N) is 2. The normalized spacial score (nSPS) is 14.8. The predicted octanol–water partition coefficient (Wildman–Crippen LogP) is 3.04. The number of amides is 1. The summed E-state index contributed by atoms with van der Waals surface area (Å²) in [5, 5.41) is 3.41. The van der Waals surface area contributed by atoms with Crippen molar-refractivity contribution in [2.24, 2.45) is 10.7 Å². The van der Waals surface area contributed by atoms with Crippen LogP contribution in [0.25, 0.3) is 6.08 Å². The molecule has 1 fully saturated rings. The van der Waals surface area contributed by atoms with Crippen LogP contribution < -0.4 is 11.1 Å². The van der Waals surface area contributed by atoms with Crippen molar-refractivity contribution in [1.82, 2.24) is 10.2 Å². The van der Waals surface area contributed by atoms with E-state index in [0.717, 1.165) is 37.5 Å². The van der Waals surface area contributed by atoms with Crippen LogP contribution in [-0.4, -0.2) is 36.9 Å². The van der Waals surface area contributed by atoms with Gasteiger partial charge in [0.1, 0.15) is 0 Å². The van der Waals surface area contributed by atoms with Gasteiger partial charge in [0.15, 0.2) is 5.96 Å². The monoisotopic (exact) mass is 362 g/mol. The molecule has 3 N–H and O–H groups in total. The van der Waals surface area contributed by atoms with Crippen LogP contribution in [0.5, 0.6) is 0 Å². The van der Waals surface area contributed by atoms with E-state index in [9.17, 15) is 4.79 Å². The first kappa shape index (κ1) is 18.7. The molecule has 0 aliphatic carbocycles. The zero-order valence-corrected chi connectivity index (χ0v) is 15.7. The molecule has 2 aromatic rings. The van der Waals surface area contributed by atoms with Gasteiger partial charge in [0, 0.05) is 32.2 Å². The van der Waals surface area contributed by atoms with Crippen molar-refractivity contribution >= 4 is 17.9 Å². The quantitative estimate of drug-likeness (QED) is 0.649. The van der Waals surface area contributed by atoms with Gasteiger partial charge in [-0.1, -0.05) is 54.1 Å². The number of rotatable bonds is 4. The summed E-state index contributed by atoms with van der Waals surface area (Å²) in [7, 11) is 1.81. The maximum Gasteiger partial charge on any atom is 0.248 e. The molecule has 1 amide bonds. The zero-order chi connectivity index (χ0) is 19.1. The molecule has 1 heterocycles. The highest BCUT2D eigenvalue weighted by atomic mass is 16.1. The van der Waals surface area contributed by atoms with Crippen LogP contribution in [0.3, 0.4) is 0 Å². The smallest absolute Gasteiger partial charge is 0.248 e. The maximum atomic E-state index is 11.1. The zero-order valence-electron chi connectivity index (χ0n) is 15.7. The molecular formula is C22H26N4O. The number of hydrogen-bond acceptors (Lipinski definition) is 2. The summed E-state index contributed by atoms with van der Waals surface area (Å²) >= 11 is 0. The Morgan fingerprint density at radius 3 is 2.37 bits per heavy atom. The molecule has 5 nitrogen and oxygen atoms in total. The van der Waals surface area contributed by atoms with E-state index in [-0.39, 0.29) is 0 Å². The Morgan fingerprint density at radius 1 is 1.11 bits per heavy atom. The second-order valence-electron chi connectivity index (χ2n) is 6.66. The average molecular weight is 362 g/mol. The third-order valence-electron chi connectivity index (χ3n) is 4.78. The Balaban J connectivity index is 1.53. The molecule has 0 atom stereocenters. The molecule has 1 aliphatic heterocycles. The number of aliphatic imine (C=N–C) groups is 1. The molecule has 0 unspecified atom stereocenters. The second-order valence-corrected chi connectivity index (χ2v) is 6.66. The number of hydrogen-bond donors (Lipinski definition) is 2. The van der Waals surface area contributed by atoms with Crippen molar-refractivity contribution < 1.29 is 4.79 Å². The van der Waals surface area contributed by atoms with Gasteiger partial charge in [-0.15, -0.1) is 0 Å². The summed E-state index contributed by atoms with van der Waals surface area (Å²) in [6.45, 7) is 2.58. The lowest BCUT2D eigenvalue weighted by Gasteiger charge is -2.31. The van der Waals surface area contributed by atoms with Crippen LogP contribution in [0.15, 0.2) is 65.2 Å². The molecule has 27 heavy (non-hydrogen) atoms. The summed E-state index contributed by atoms with van der Waals surface area (Å²) in [6, 6.07) is 17.8. The highest BCUT2D eigenvalue weighted by Gasteiger charge is 2.17. The van der Waals surface area contributed by atoms with Gasteiger partial charge < -0.3 is 16.0 Å². The minimum Gasteiger partial charge on any atom is -0.366 e. The molecule has 0 bridgehead atoms. The number of piperidine rings is 1. The van der Waals surface area contributed by atoms with Crippen molar-refractivity contribution in [3.05, 3.63) is 76.9 Å². The Kier molecular flexibility index (Phi) is 6.26.